The van der Waals surface area contributed by atoms with Gasteiger partial charge in [0.2, 0.25) is 11.6 Å². The second kappa shape index (κ2) is 8.25. The SMILES string of the molecule is CCC(Sc1c([O-])on[n+]1-c1ccccc1)C(=O)Nc1cccc(Cl)c1. The molecule has 0 saturated heterocycles. The highest BCUT2D eigenvalue weighted by molar-refractivity contribution is 8.00. The number of carbonyl (C=O) groups is 1. The van der Waals surface area contributed by atoms with E-state index in [9.17, 15) is 9.90 Å². The molecule has 1 unspecified atom stereocenters. The molecular weight excluding hydrogens is 374 g/mol. The Balaban J connectivity index is 1.80. The second-order valence-corrected chi connectivity index (χ2v) is 7.06. The van der Waals surface area contributed by atoms with Gasteiger partial charge < -0.3 is 14.9 Å². The molecule has 0 aliphatic carbocycles. The van der Waals surface area contributed by atoms with Crippen LogP contribution in [-0.2, 0) is 4.79 Å². The maximum absolute atomic E-state index is 12.6. The molecule has 1 amide bonds. The number of benzene rings is 2. The predicted octanol–water partition coefficient (Wildman–Crippen LogP) is 3.19. The summed E-state index contributed by atoms with van der Waals surface area (Å²) in [5.74, 6) is -0.798. The van der Waals surface area contributed by atoms with Gasteiger partial charge in [0.25, 0.3) is 5.03 Å². The van der Waals surface area contributed by atoms with Crippen molar-refractivity contribution in [3.05, 3.63) is 59.6 Å². The van der Waals surface area contributed by atoms with Gasteiger partial charge in [-0.05, 0) is 41.1 Å². The van der Waals surface area contributed by atoms with E-state index in [1.807, 2.05) is 25.1 Å². The van der Waals surface area contributed by atoms with Gasteiger partial charge in [0, 0.05) is 22.8 Å². The number of aromatic nitrogens is 2. The Kier molecular flexibility index (Phi) is 5.80. The zero-order valence-electron chi connectivity index (χ0n) is 13.9. The van der Waals surface area contributed by atoms with Crippen LogP contribution < -0.4 is 15.1 Å². The van der Waals surface area contributed by atoms with Crippen LogP contribution in [0.3, 0.4) is 0 Å². The molecule has 6 nitrogen and oxygen atoms in total. The van der Waals surface area contributed by atoms with E-state index in [1.54, 1.807) is 36.4 Å². The fraction of sp³-hybridized carbons (Fsp3) is 0.167. The minimum Gasteiger partial charge on any atom is -0.538 e. The third kappa shape index (κ3) is 4.17. The molecule has 0 bridgehead atoms. The van der Waals surface area contributed by atoms with Gasteiger partial charge in [-0.3, -0.25) is 4.79 Å². The Hall–Kier alpha value is -2.51. The predicted molar refractivity (Wildman–Crippen MR) is 97.5 cm³/mol. The normalized spacial score (nSPS) is 11.9. The quantitative estimate of drug-likeness (QED) is 0.517. The first-order valence-electron chi connectivity index (χ1n) is 7.96. The molecule has 0 aliphatic heterocycles. The van der Waals surface area contributed by atoms with Gasteiger partial charge in [0.15, 0.2) is 5.95 Å². The molecule has 0 saturated carbocycles. The Bertz CT molecular complexity index is 902. The zero-order chi connectivity index (χ0) is 18.5. The second-order valence-electron chi connectivity index (χ2n) is 5.43. The molecule has 1 N–H and O–H groups in total. The van der Waals surface area contributed by atoms with E-state index in [0.29, 0.717) is 22.8 Å². The van der Waals surface area contributed by atoms with Crippen LogP contribution >= 0.6 is 23.4 Å². The number of nitrogens with zero attached hydrogens (tertiary/aromatic N) is 2. The summed E-state index contributed by atoms with van der Waals surface area (Å²) >= 11 is 7.07. The third-order valence-electron chi connectivity index (χ3n) is 3.58. The topological polar surface area (TPSA) is 82.1 Å². The van der Waals surface area contributed by atoms with Crippen LogP contribution in [0.25, 0.3) is 5.69 Å². The Morgan fingerprint density at radius 2 is 2.08 bits per heavy atom. The first kappa shape index (κ1) is 18.3. The van der Waals surface area contributed by atoms with Crippen LogP contribution in [0.5, 0.6) is 5.95 Å². The Morgan fingerprint density at radius 3 is 2.77 bits per heavy atom. The molecule has 0 radical (unpaired) electrons. The van der Waals surface area contributed by atoms with Gasteiger partial charge in [-0.15, -0.1) is 0 Å². The standard InChI is InChI=1S/C18H16ClN3O3S/c1-2-15(16(23)20-13-8-6-7-12(19)11-13)26-17-18(24)25-21-22(17)14-9-4-3-5-10-14/h3-11,15H,2H2,1H3,(H-,20,21,23,24). The summed E-state index contributed by atoms with van der Waals surface area (Å²) in [5, 5.41) is 19.0. The fourth-order valence-corrected chi connectivity index (χ4v) is 3.48. The zero-order valence-corrected chi connectivity index (χ0v) is 15.5. The van der Waals surface area contributed by atoms with Crippen molar-refractivity contribution in [2.75, 3.05) is 5.32 Å². The average molecular weight is 390 g/mol. The molecule has 26 heavy (non-hydrogen) atoms. The summed E-state index contributed by atoms with van der Waals surface area (Å²) in [5.41, 5.74) is 1.29. The molecule has 1 heterocycles. The number of halogens is 1. The molecule has 134 valence electrons. The van der Waals surface area contributed by atoms with Gasteiger partial charge in [0.05, 0.1) is 10.5 Å². The fourth-order valence-electron chi connectivity index (χ4n) is 2.32. The molecular formula is C18H16ClN3O3S. The van der Waals surface area contributed by atoms with E-state index in [4.69, 9.17) is 16.1 Å². The van der Waals surface area contributed by atoms with Gasteiger partial charge in [-0.1, -0.05) is 42.8 Å². The minimum atomic E-state index is -0.576. The number of nitrogens with one attached hydrogen (secondary N) is 1. The third-order valence-corrected chi connectivity index (χ3v) is 5.21. The van der Waals surface area contributed by atoms with Crippen LogP contribution in [0.1, 0.15) is 13.3 Å². The molecule has 1 aromatic heterocycles. The van der Waals surface area contributed by atoms with Crippen molar-refractivity contribution in [3.63, 3.8) is 0 Å². The molecule has 1 atom stereocenters. The molecule has 3 aromatic rings. The first-order chi connectivity index (χ1) is 12.6. The van der Waals surface area contributed by atoms with E-state index in [2.05, 4.69) is 10.6 Å². The summed E-state index contributed by atoms with van der Waals surface area (Å²) in [4.78, 5) is 12.6. The van der Waals surface area contributed by atoms with Crippen molar-refractivity contribution in [2.45, 2.75) is 23.6 Å². The van der Waals surface area contributed by atoms with Crippen molar-refractivity contribution < 1.29 is 19.1 Å². The number of hydrogen-bond acceptors (Lipinski definition) is 5. The van der Waals surface area contributed by atoms with E-state index in [1.165, 1.54) is 4.68 Å². The van der Waals surface area contributed by atoms with E-state index in [-0.39, 0.29) is 10.9 Å². The van der Waals surface area contributed by atoms with Crippen LogP contribution in [0, 0.1) is 0 Å². The van der Waals surface area contributed by atoms with Crippen LogP contribution in [-0.4, -0.2) is 16.4 Å². The highest BCUT2D eigenvalue weighted by atomic mass is 35.5. The lowest BCUT2D eigenvalue weighted by atomic mass is 10.3. The average Bonchev–Trinajstić information content (AvgIpc) is 3.00. The summed E-state index contributed by atoms with van der Waals surface area (Å²) in [7, 11) is 0. The number of amides is 1. The monoisotopic (exact) mass is 389 g/mol. The van der Waals surface area contributed by atoms with Gasteiger partial charge >= 0.3 is 0 Å². The maximum Gasteiger partial charge on any atom is 0.298 e. The van der Waals surface area contributed by atoms with Crippen LogP contribution in [0.4, 0.5) is 5.69 Å². The van der Waals surface area contributed by atoms with E-state index in [0.717, 1.165) is 11.8 Å². The molecule has 2 aromatic carbocycles. The van der Waals surface area contributed by atoms with Crippen molar-refractivity contribution >= 4 is 35.0 Å². The molecule has 3 rings (SSSR count). The van der Waals surface area contributed by atoms with Crippen molar-refractivity contribution in [1.29, 1.82) is 0 Å². The summed E-state index contributed by atoms with van der Waals surface area (Å²) in [6.07, 6.45) is 0.524. The lowest BCUT2D eigenvalue weighted by molar-refractivity contribution is -0.705. The smallest absolute Gasteiger partial charge is 0.298 e. The molecule has 0 fully saturated rings. The van der Waals surface area contributed by atoms with Crippen LogP contribution in [0.15, 0.2) is 64.1 Å². The van der Waals surface area contributed by atoms with Gasteiger partial charge in [0.1, 0.15) is 0 Å². The summed E-state index contributed by atoms with van der Waals surface area (Å²) in [6.45, 7) is 1.88. The highest BCUT2D eigenvalue weighted by Gasteiger charge is 2.28. The lowest BCUT2D eigenvalue weighted by Crippen LogP contribution is -2.36. The first-order valence-corrected chi connectivity index (χ1v) is 9.21. The van der Waals surface area contributed by atoms with E-state index >= 15 is 0 Å². The number of anilines is 1. The number of thioether (sulfide) groups is 1. The largest absolute Gasteiger partial charge is 0.538 e. The maximum atomic E-state index is 12.6. The van der Waals surface area contributed by atoms with Crippen molar-refractivity contribution in [2.24, 2.45) is 0 Å². The van der Waals surface area contributed by atoms with Gasteiger partial charge in [-0.25, -0.2) is 0 Å². The Morgan fingerprint density at radius 1 is 1.31 bits per heavy atom. The lowest BCUT2D eigenvalue weighted by Gasteiger charge is -2.13. The van der Waals surface area contributed by atoms with E-state index < -0.39 is 11.2 Å². The van der Waals surface area contributed by atoms with Crippen LogP contribution in [0.2, 0.25) is 5.02 Å². The number of rotatable bonds is 6. The van der Waals surface area contributed by atoms with Gasteiger partial charge in [-0.2, -0.15) is 0 Å². The molecule has 8 heteroatoms. The molecule has 0 aliphatic rings. The number of carbonyl (C=O) groups excluding carboxylic acids is 1. The molecule has 0 spiro atoms. The van der Waals surface area contributed by atoms with Crippen molar-refractivity contribution in [3.8, 4) is 11.6 Å². The summed E-state index contributed by atoms with van der Waals surface area (Å²) in [6, 6.07) is 16.0. The van der Waals surface area contributed by atoms with Crippen molar-refractivity contribution in [1.82, 2.24) is 5.27 Å². The Labute approximate surface area is 159 Å². The number of hydrogen-bond donors (Lipinski definition) is 1. The minimum absolute atomic E-state index is 0.222. The summed E-state index contributed by atoms with van der Waals surface area (Å²) < 4.78 is 6.20. The number of para-hydroxylation sites is 1. The highest BCUT2D eigenvalue weighted by Crippen LogP contribution is 2.30.